The fourth-order valence-electron chi connectivity index (χ4n) is 1.65. The van der Waals surface area contributed by atoms with Gasteiger partial charge in [-0.3, -0.25) is 9.35 Å². The van der Waals surface area contributed by atoms with Crippen LogP contribution in [0.15, 0.2) is 12.2 Å². The van der Waals surface area contributed by atoms with Gasteiger partial charge in [0, 0.05) is 25.0 Å². The Morgan fingerprint density at radius 3 is 2.20 bits per heavy atom. The third-order valence-corrected chi connectivity index (χ3v) is 3.58. The van der Waals surface area contributed by atoms with Crippen LogP contribution in [0.5, 0.6) is 0 Å². The maximum atomic E-state index is 11.2. The van der Waals surface area contributed by atoms with Crippen molar-refractivity contribution in [3.63, 3.8) is 0 Å². The van der Waals surface area contributed by atoms with Crippen LogP contribution >= 0.6 is 0 Å². The third kappa shape index (κ3) is 12.1. The summed E-state index contributed by atoms with van der Waals surface area (Å²) in [7, 11) is 0.112. The first-order valence-electron chi connectivity index (χ1n) is 6.24. The highest BCUT2D eigenvalue weighted by Crippen LogP contribution is 2.02. The SMILES string of the molecule is C=C(C)C(=O)NCCC[N+](C)(C)CCCS(=O)(=O)O.[OH-]. The van der Waals surface area contributed by atoms with Crippen molar-refractivity contribution in [3.05, 3.63) is 12.2 Å². The topological polar surface area (TPSA) is 113 Å². The van der Waals surface area contributed by atoms with Gasteiger partial charge in [-0.2, -0.15) is 8.42 Å². The molecule has 0 saturated carbocycles. The Morgan fingerprint density at radius 2 is 1.75 bits per heavy atom. The molecule has 0 rings (SSSR count). The Labute approximate surface area is 121 Å². The van der Waals surface area contributed by atoms with Crippen molar-refractivity contribution in [2.75, 3.05) is 39.5 Å². The van der Waals surface area contributed by atoms with Crippen LogP contribution in [0.2, 0.25) is 0 Å². The Kier molecular flexibility index (Phi) is 9.67. The van der Waals surface area contributed by atoms with Crippen molar-refractivity contribution < 1.29 is 27.7 Å². The Hall–Kier alpha value is -0.960. The molecule has 20 heavy (non-hydrogen) atoms. The second-order valence-electron chi connectivity index (χ2n) is 5.41. The molecule has 0 aromatic heterocycles. The van der Waals surface area contributed by atoms with E-state index in [1.807, 2.05) is 14.1 Å². The van der Waals surface area contributed by atoms with Gasteiger partial charge in [-0.25, -0.2) is 0 Å². The highest BCUT2D eigenvalue weighted by molar-refractivity contribution is 7.85. The van der Waals surface area contributed by atoms with Crippen LogP contribution in [0.25, 0.3) is 0 Å². The van der Waals surface area contributed by atoms with E-state index in [9.17, 15) is 13.2 Å². The molecule has 3 N–H and O–H groups in total. The van der Waals surface area contributed by atoms with Crippen molar-refractivity contribution in [2.24, 2.45) is 0 Å². The summed E-state index contributed by atoms with van der Waals surface area (Å²) in [5.74, 6) is -0.349. The van der Waals surface area contributed by atoms with Crippen LogP contribution in [0.3, 0.4) is 0 Å². The first-order valence-corrected chi connectivity index (χ1v) is 7.85. The first-order chi connectivity index (χ1) is 8.53. The molecular weight excluding hydrogens is 284 g/mol. The first kappa shape index (κ1) is 21.3. The number of hydrogen-bond acceptors (Lipinski definition) is 4. The maximum absolute atomic E-state index is 11.2. The molecule has 0 unspecified atom stereocenters. The van der Waals surface area contributed by atoms with Crippen LogP contribution in [-0.2, 0) is 14.9 Å². The number of nitrogens with one attached hydrogen (secondary N) is 1. The molecule has 0 aromatic carbocycles. The van der Waals surface area contributed by atoms with E-state index in [4.69, 9.17) is 4.55 Å². The molecule has 0 saturated heterocycles. The number of hydrogen-bond donors (Lipinski definition) is 2. The fourth-order valence-corrected chi connectivity index (χ4v) is 2.14. The molecule has 0 aliphatic heterocycles. The standard InChI is InChI=1S/C12H24N2O4S.H2O/c1-11(2)12(15)13-7-5-8-14(3,4)9-6-10-19(16,17)18;/h1,5-10H2,2-4H3,(H-,13,15,16,17,18);1H2. The fraction of sp³-hybridized carbons (Fsp3) is 0.750. The van der Waals surface area contributed by atoms with Gasteiger partial charge in [0.25, 0.3) is 10.1 Å². The quantitative estimate of drug-likeness (QED) is 0.274. The Balaban J connectivity index is 0. The molecule has 0 aliphatic rings. The average Bonchev–Trinajstić information content (AvgIpc) is 2.21. The second kappa shape index (κ2) is 9.06. The molecule has 0 atom stereocenters. The molecule has 0 spiro atoms. The lowest BCUT2D eigenvalue weighted by Crippen LogP contribution is -2.43. The molecule has 0 heterocycles. The van der Waals surface area contributed by atoms with E-state index >= 15 is 0 Å². The molecule has 0 aromatic rings. The van der Waals surface area contributed by atoms with E-state index < -0.39 is 10.1 Å². The normalized spacial score (nSPS) is 11.6. The smallest absolute Gasteiger partial charge is 0.265 e. The molecule has 8 heteroatoms. The van der Waals surface area contributed by atoms with Gasteiger partial charge in [0.1, 0.15) is 0 Å². The summed E-state index contributed by atoms with van der Waals surface area (Å²) in [5, 5.41) is 2.75. The van der Waals surface area contributed by atoms with E-state index in [0.29, 0.717) is 29.6 Å². The van der Waals surface area contributed by atoms with Crippen molar-refractivity contribution >= 4 is 16.0 Å². The summed E-state index contributed by atoms with van der Waals surface area (Å²) in [6.45, 7) is 7.26. The third-order valence-electron chi connectivity index (χ3n) is 2.78. The highest BCUT2D eigenvalue weighted by Gasteiger charge is 2.16. The van der Waals surface area contributed by atoms with Gasteiger partial charge in [0.05, 0.1) is 32.9 Å². The summed E-state index contributed by atoms with van der Waals surface area (Å²) in [5.41, 5.74) is 0.488. The minimum Gasteiger partial charge on any atom is -0.870 e. The minimum atomic E-state index is -3.87. The van der Waals surface area contributed by atoms with Crippen molar-refractivity contribution in [2.45, 2.75) is 19.8 Å². The number of carbonyl (C=O) groups is 1. The minimum absolute atomic E-state index is 0. The van der Waals surface area contributed by atoms with E-state index in [1.54, 1.807) is 6.92 Å². The summed E-state index contributed by atoms with van der Waals surface area (Å²) in [6, 6.07) is 0. The Bertz CT molecular complexity index is 418. The number of quaternary nitrogens is 1. The molecule has 120 valence electrons. The molecule has 0 bridgehead atoms. The molecule has 7 nitrogen and oxygen atoms in total. The van der Waals surface area contributed by atoms with Crippen LogP contribution in [-0.4, -0.2) is 68.3 Å². The average molecular weight is 310 g/mol. The zero-order valence-electron chi connectivity index (χ0n) is 12.4. The van der Waals surface area contributed by atoms with E-state index in [2.05, 4.69) is 11.9 Å². The maximum Gasteiger partial charge on any atom is 0.265 e. The predicted molar refractivity (Wildman–Crippen MR) is 77.3 cm³/mol. The molecule has 0 aliphatic carbocycles. The molecule has 0 radical (unpaired) electrons. The zero-order chi connectivity index (χ0) is 15.1. The van der Waals surface area contributed by atoms with Crippen LogP contribution < -0.4 is 5.32 Å². The largest absolute Gasteiger partial charge is 0.870 e. The van der Waals surface area contributed by atoms with Crippen molar-refractivity contribution in [1.29, 1.82) is 0 Å². The van der Waals surface area contributed by atoms with Crippen molar-refractivity contribution in [3.8, 4) is 0 Å². The monoisotopic (exact) mass is 310 g/mol. The van der Waals surface area contributed by atoms with Crippen LogP contribution in [0, 0.1) is 0 Å². The number of nitrogens with zero attached hydrogens (tertiary/aromatic N) is 1. The molecule has 0 fully saturated rings. The van der Waals surface area contributed by atoms with Gasteiger partial charge in [-0.05, 0) is 6.92 Å². The van der Waals surface area contributed by atoms with E-state index in [0.717, 1.165) is 13.0 Å². The van der Waals surface area contributed by atoms with E-state index in [-0.39, 0.29) is 17.1 Å². The zero-order valence-corrected chi connectivity index (χ0v) is 13.2. The highest BCUT2D eigenvalue weighted by atomic mass is 32.2. The van der Waals surface area contributed by atoms with Gasteiger partial charge in [0.2, 0.25) is 5.91 Å². The summed E-state index contributed by atoms with van der Waals surface area (Å²) < 4.78 is 30.5. The molecule has 1 amide bonds. The number of rotatable bonds is 9. The predicted octanol–water partition coefficient (Wildman–Crippen LogP) is 0.246. The van der Waals surface area contributed by atoms with Crippen LogP contribution in [0.1, 0.15) is 19.8 Å². The second-order valence-corrected chi connectivity index (χ2v) is 6.98. The summed E-state index contributed by atoms with van der Waals surface area (Å²) >= 11 is 0. The lowest BCUT2D eigenvalue weighted by Gasteiger charge is -2.29. The number of carbonyl (C=O) groups excluding carboxylic acids is 1. The van der Waals surface area contributed by atoms with Crippen molar-refractivity contribution in [1.82, 2.24) is 5.32 Å². The lowest BCUT2D eigenvalue weighted by atomic mass is 10.3. The van der Waals surface area contributed by atoms with Gasteiger partial charge < -0.3 is 15.3 Å². The number of amides is 1. The van der Waals surface area contributed by atoms with Gasteiger partial charge in [-0.15, -0.1) is 0 Å². The summed E-state index contributed by atoms with van der Waals surface area (Å²) in [4.78, 5) is 11.2. The van der Waals surface area contributed by atoms with E-state index in [1.165, 1.54) is 0 Å². The van der Waals surface area contributed by atoms with Gasteiger partial charge in [-0.1, -0.05) is 6.58 Å². The Morgan fingerprint density at radius 1 is 1.25 bits per heavy atom. The van der Waals surface area contributed by atoms with Gasteiger partial charge in [0.15, 0.2) is 0 Å². The van der Waals surface area contributed by atoms with Gasteiger partial charge >= 0.3 is 0 Å². The van der Waals surface area contributed by atoms with Crippen LogP contribution in [0.4, 0.5) is 0 Å². The lowest BCUT2D eigenvalue weighted by molar-refractivity contribution is -0.890. The summed E-state index contributed by atoms with van der Waals surface area (Å²) in [6.07, 6.45) is 1.22. The molecular formula is C12H26N2O5S.